The SMILES string of the molecule is Cc1cc(-c2ccccc2-c2ccc(-c3ccc(F)cc3)nc2)cc(-c2ccccc2-c2cnc(-c3ccccc3)cc2-c2ccc(-c3cccc(-c4ccccc4)c3)cc2)c1. The van der Waals surface area contributed by atoms with E-state index in [9.17, 15) is 4.39 Å². The van der Waals surface area contributed by atoms with Gasteiger partial charge in [0.2, 0.25) is 0 Å². The van der Waals surface area contributed by atoms with Crippen molar-refractivity contribution in [1.29, 1.82) is 0 Å². The summed E-state index contributed by atoms with van der Waals surface area (Å²) in [6.45, 7) is 2.16. The number of pyridine rings is 2. The van der Waals surface area contributed by atoms with Crippen molar-refractivity contribution in [1.82, 2.24) is 9.97 Å². The summed E-state index contributed by atoms with van der Waals surface area (Å²) >= 11 is 0. The number of aryl methyl sites for hydroxylation is 1. The minimum Gasteiger partial charge on any atom is -0.256 e. The van der Waals surface area contributed by atoms with E-state index in [1.807, 2.05) is 24.5 Å². The second kappa shape index (κ2) is 16.9. The van der Waals surface area contributed by atoms with E-state index in [0.29, 0.717) is 0 Å². The average Bonchev–Trinajstić information content (AvgIpc) is 3.34. The topological polar surface area (TPSA) is 25.8 Å². The molecule has 0 atom stereocenters. The van der Waals surface area contributed by atoms with Gasteiger partial charge in [0.15, 0.2) is 0 Å². The van der Waals surface area contributed by atoms with Crippen molar-refractivity contribution in [3.8, 4) is 100 Å². The van der Waals surface area contributed by atoms with Crippen LogP contribution in [-0.4, -0.2) is 9.97 Å². The third-order valence-corrected chi connectivity index (χ3v) is 11.5. The molecule has 0 unspecified atom stereocenters. The predicted molar refractivity (Wildman–Crippen MR) is 256 cm³/mol. The van der Waals surface area contributed by atoms with Crippen LogP contribution in [0, 0.1) is 12.7 Å². The number of rotatable bonds is 9. The molecule has 2 nitrogen and oxygen atoms in total. The zero-order chi connectivity index (χ0) is 41.8. The Morgan fingerprint density at radius 2 is 0.726 bits per heavy atom. The molecule has 294 valence electrons. The lowest BCUT2D eigenvalue weighted by atomic mass is 9.87. The van der Waals surface area contributed by atoms with Crippen LogP contribution in [0.3, 0.4) is 0 Å². The molecular formula is C59H41FN2. The number of hydrogen-bond acceptors (Lipinski definition) is 2. The first kappa shape index (κ1) is 38.2. The maximum absolute atomic E-state index is 13.6. The number of benzene rings is 8. The zero-order valence-electron chi connectivity index (χ0n) is 34.2. The van der Waals surface area contributed by atoms with Crippen LogP contribution in [0.1, 0.15) is 5.56 Å². The van der Waals surface area contributed by atoms with Crippen LogP contribution in [0.2, 0.25) is 0 Å². The maximum Gasteiger partial charge on any atom is 0.123 e. The molecule has 8 aromatic carbocycles. The van der Waals surface area contributed by atoms with Gasteiger partial charge in [0.1, 0.15) is 5.82 Å². The largest absolute Gasteiger partial charge is 0.256 e. The minimum atomic E-state index is -0.260. The summed E-state index contributed by atoms with van der Waals surface area (Å²) in [5, 5.41) is 0. The van der Waals surface area contributed by atoms with E-state index in [1.165, 1.54) is 28.8 Å². The second-order valence-electron chi connectivity index (χ2n) is 15.6. The maximum atomic E-state index is 13.6. The Bertz CT molecular complexity index is 3160. The number of hydrogen-bond donors (Lipinski definition) is 0. The molecule has 0 aliphatic carbocycles. The van der Waals surface area contributed by atoms with Crippen LogP contribution in [0.4, 0.5) is 4.39 Å². The molecule has 2 heterocycles. The molecule has 0 aliphatic rings. The summed E-state index contributed by atoms with van der Waals surface area (Å²) in [5.74, 6) is -0.260. The zero-order valence-corrected chi connectivity index (χ0v) is 34.2. The number of nitrogens with zero attached hydrogens (tertiary/aromatic N) is 2. The van der Waals surface area contributed by atoms with Gasteiger partial charge in [-0.1, -0.05) is 170 Å². The molecule has 10 aromatic rings. The van der Waals surface area contributed by atoms with Crippen molar-refractivity contribution in [2.24, 2.45) is 0 Å². The van der Waals surface area contributed by atoms with Crippen molar-refractivity contribution < 1.29 is 4.39 Å². The molecule has 0 saturated heterocycles. The standard InChI is InChI=1S/C59H41FN2/c1-40-33-49(53-20-9-8-19-52(53)48-29-32-58(61-38-48)45-27-30-51(60)31-28-45)36-50(34-40)54-21-10-11-22-55(54)57-39-62-59(44-15-6-3-7-16-44)37-56(57)43-25-23-42(24-26-43)47-18-12-17-46(35-47)41-13-4-2-5-14-41/h2-39H,1H3. The van der Waals surface area contributed by atoms with Crippen molar-refractivity contribution in [3.63, 3.8) is 0 Å². The summed E-state index contributed by atoms with van der Waals surface area (Å²) in [5.41, 5.74) is 20.6. The molecule has 0 N–H and O–H groups in total. The molecule has 62 heavy (non-hydrogen) atoms. The van der Waals surface area contributed by atoms with Crippen LogP contribution < -0.4 is 0 Å². The van der Waals surface area contributed by atoms with Gasteiger partial charge in [-0.2, -0.15) is 0 Å². The number of aromatic nitrogens is 2. The highest BCUT2D eigenvalue weighted by molar-refractivity contribution is 5.94. The van der Waals surface area contributed by atoms with E-state index in [1.54, 1.807) is 12.1 Å². The Labute approximate surface area is 362 Å². The van der Waals surface area contributed by atoms with Gasteiger partial charge in [-0.15, -0.1) is 0 Å². The van der Waals surface area contributed by atoms with Crippen LogP contribution in [0.15, 0.2) is 231 Å². The Hall–Kier alpha value is -8.01. The third kappa shape index (κ3) is 7.88. The van der Waals surface area contributed by atoms with Gasteiger partial charge in [-0.05, 0) is 128 Å². The Balaban J connectivity index is 1.04. The quantitative estimate of drug-likeness (QED) is 0.145. The monoisotopic (exact) mass is 796 g/mol. The summed E-state index contributed by atoms with van der Waals surface area (Å²) in [6.07, 6.45) is 3.95. The van der Waals surface area contributed by atoms with Gasteiger partial charge in [-0.3, -0.25) is 9.97 Å². The molecule has 2 aromatic heterocycles. The normalized spacial score (nSPS) is 11.1. The second-order valence-corrected chi connectivity index (χ2v) is 15.6. The first-order chi connectivity index (χ1) is 30.5. The van der Waals surface area contributed by atoms with Gasteiger partial charge in [0.05, 0.1) is 11.4 Å². The molecule has 0 aliphatic heterocycles. The van der Waals surface area contributed by atoms with E-state index in [4.69, 9.17) is 9.97 Å². The molecule has 0 amide bonds. The molecular weight excluding hydrogens is 756 g/mol. The molecule has 0 bridgehead atoms. The fourth-order valence-corrected chi connectivity index (χ4v) is 8.42. The van der Waals surface area contributed by atoms with E-state index in [2.05, 4.69) is 189 Å². The molecule has 0 spiro atoms. The van der Waals surface area contributed by atoms with E-state index in [0.717, 1.165) is 89.3 Å². The summed E-state index contributed by atoms with van der Waals surface area (Å²) in [7, 11) is 0. The van der Waals surface area contributed by atoms with Crippen LogP contribution in [0.5, 0.6) is 0 Å². The molecule has 0 saturated carbocycles. The highest BCUT2D eigenvalue weighted by Crippen LogP contribution is 2.42. The molecule has 0 fully saturated rings. The van der Waals surface area contributed by atoms with Crippen LogP contribution in [0.25, 0.3) is 100 Å². The fraction of sp³-hybridized carbons (Fsp3) is 0.0169. The van der Waals surface area contributed by atoms with Gasteiger partial charge < -0.3 is 0 Å². The lowest BCUT2D eigenvalue weighted by Gasteiger charge is -2.18. The van der Waals surface area contributed by atoms with Gasteiger partial charge >= 0.3 is 0 Å². The predicted octanol–water partition coefficient (Wildman–Crippen LogP) is 15.9. The first-order valence-corrected chi connectivity index (χ1v) is 20.9. The van der Waals surface area contributed by atoms with Crippen LogP contribution >= 0.6 is 0 Å². The lowest BCUT2D eigenvalue weighted by Crippen LogP contribution is -1.94. The van der Waals surface area contributed by atoms with Gasteiger partial charge in [0.25, 0.3) is 0 Å². The van der Waals surface area contributed by atoms with E-state index >= 15 is 0 Å². The molecule has 3 heteroatoms. The minimum absolute atomic E-state index is 0.260. The Morgan fingerprint density at radius 1 is 0.274 bits per heavy atom. The highest BCUT2D eigenvalue weighted by Gasteiger charge is 2.17. The lowest BCUT2D eigenvalue weighted by molar-refractivity contribution is 0.628. The summed E-state index contributed by atoms with van der Waals surface area (Å²) in [4.78, 5) is 9.87. The third-order valence-electron chi connectivity index (χ3n) is 11.5. The molecule has 10 rings (SSSR count). The average molecular weight is 797 g/mol. The summed E-state index contributed by atoms with van der Waals surface area (Å²) in [6, 6.07) is 75.4. The smallest absolute Gasteiger partial charge is 0.123 e. The Kier molecular flexibility index (Phi) is 10.4. The van der Waals surface area contributed by atoms with E-state index in [-0.39, 0.29) is 5.82 Å². The van der Waals surface area contributed by atoms with Crippen molar-refractivity contribution in [2.45, 2.75) is 6.92 Å². The van der Waals surface area contributed by atoms with Crippen molar-refractivity contribution >= 4 is 0 Å². The van der Waals surface area contributed by atoms with Gasteiger partial charge in [0, 0.05) is 34.6 Å². The summed E-state index contributed by atoms with van der Waals surface area (Å²) < 4.78 is 13.6. The van der Waals surface area contributed by atoms with E-state index < -0.39 is 0 Å². The first-order valence-electron chi connectivity index (χ1n) is 20.9. The van der Waals surface area contributed by atoms with Crippen molar-refractivity contribution in [2.75, 3.05) is 0 Å². The Morgan fingerprint density at radius 3 is 1.35 bits per heavy atom. The van der Waals surface area contributed by atoms with Crippen molar-refractivity contribution in [3.05, 3.63) is 242 Å². The number of halogens is 1. The van der Waals surface area contributed by atoms with Crippen LogP contribution in [-0.2, 0) is 0 Å². The molecule has 0 radical (unpaired) electrons. The highest BCUT2D eigenvalue weighted by atomic mass is 19.1. The fourth-order valence-electron chi connectivity index (χ4n) is 8.42. The van der Waals surface area contributed by atoms with Gasteiger partial charge in [-0.25, -0.2) is 4.39 Å².